The van der Waals surface area contributed by atoms with Gasteiger partial charge in [-0.15, -0.1) is 0 Å². The summed E-state index contributed by atoms with van der Waals surface area (Å²) in [4.78, 5) is 39.5. The van der Waals surface area contributed by atoms with Gasteiger partial charge in [-0.1, -0.05) is 30.3 Å². The summed E-state index contributed by atoms with van der Waals surface area (Å²) in [6.45, 7) is 7.08. The fourth-order valence-electron chi connectivity index (χ4n) is 4.61. The second-order valence-electron chi connectivity index (χ2n) is 10.1. The van der Waals surface area contributed by atoms with E-state index < -0.39 is 17.7 Å². The molecule has 3 atom stereocenters. The molecular formula is C25H37N3O5S. The zero-order chi connectivity index (χ0) is 24.7. The maximum Gasteiger partial charge on any atom is 0.410 e. The molecule has 2 fully saturated rings. The highest BCUT2D eigenvalue weighted by molar-refractivity contribution is 7.98. The molecular weight excluding hydrogens is 454 g/mol. The van der Waals surface area contributed by atoms with Crippen molar-refractivity contribution in [3.63, 3.8) is 0 Å². The van der Waals surface area contributed by atoms with Crippen LogP contribution in [0.1, 0.15) is 45.6 Å². The Kier molecular flexibility index (Phi) is 9.10. The van der Waals surface area contributed by atoms with E-state index >= 15 is 0 Å². The van der Waals surface area contributed by atoms with Crippen molar-refractivity contribution in [1.29, 1.82) is 0 Å². The van der Waals surface area contributed by atoms with E-state index in [4.69, 9.17) is 9.47 Å². The van der Waals surface area contributed by atoms with E-state index in [-0.39, 0.29) is 24.6 Å². The lowest BCUT2D eigenvalue weighted by atomic mass is 10.0. The Morgan fingerprint density at radius 2 is 1.76 bits per heavy atom. The first-order valence-electron chi connectivity index (χ1n) is 11.9. The van der Waals surface area contributed by atoms with Gasteiger partial charge in [-0.3, -0.25) is 4.79 Å². The number of rotatable bonds is 8. The zero-order valence-corrected chi connectivity index (χ0v) is 21.4. The minimum absolute atomic E-state index is 0.0437. The number of hydrogen-bond donors (Lipinski definition) is 2. The molecule has 1 heterocycles. The van der Waals surface area contributed by atoms with Gasteiger partial charge in [-0.25, -0.2) is 9.59 Å². The van der Waals surface area contributed by atoms with Crippen LogP contribution >= 0.6 is 11.8 Å². The van der Waals surface area contributed by atoms with Crippen molar-refractivity contribution in [1.82, 2.24) is 15.5 Å². The van der Waals surface area contributed by atoms with Crippen molar-refractivity contribution in [2.24, 2.45) is 11.8 Å². The third-order valence-electron chi connectivity index (χ3n) is 6.18. The molecule has 1 aliphatic carbocycles. The van der Waals surface area contributed by atoms with Crippen LogP contribution in [0.2, 0.25) is 0 Å². The number of thioether (sulfide) groups is 1. The first kappa shape index (κ1) is 26.2. The minimum atomic E-state index is -0.644. The largest absolute Gasteiger partial charge is 0.445 e. The summed E-state index contributed by atoms with van der Waals surface area (Å²) in [6, 6.07) is 8.83. The molecule has 0 spiro atoms. The Bertz CT molecular complexity index is 831. The molecule has 3 rings (SSSR count). The molecule has 2 aliphatic rings. The van der Waals surface area contributed by atoms with E-state index in [0.29, 0.717) is 31.3 Å². The van der Waals surface area contributed by atoms with Gasteiger partial charge >= 0.3 is 12.2 Å². The number of alkyl carbamates (subject to hydrolysis) is 1. The number of hydrogen-bond acceptors (Lipinski definition) is 6. The van der Waals surface area contributed by atoms with E-state index in [1.165, 1.54) is 0 Å². The monoisotopic (exact) mass is 491 g/mol. The minimum Gasteiger partial charge on any atom is -0.445 e. The summed E-state index contributed by atoms with van der Waals surface area (Å²) >= 11 is 1.63. The average Bonchev–Trinajstić information content (AvgIpc) is 3.33. The molecule has 1 saturated heterocycles. The number of carbonyl (C=O) groups excluding carboxylic acids is 3. The smallest absolute Gasteiger partial charge is 0.410 e. The maximum atomic E-state index is 13.0. The lowest BCUT2D eigenvalue weighted by Crippen LogP contribution is -2.49. The molecule has 1 aromatic rings. The van der Waals surface area contributed by atoms with Gasteiger partial charge in [0, 0.05) is 19.1 Å². The van der Waals surface area contributed by atoms with E-state index in [2.05, 4.69) is 10.6 Å². The number of ether oxygens (including phenoxy) is 2. The third kappa shape index (κ3) is 7.82. The number of amides is 3. The lowest BCUT2D eigenvalue weighted by Gasteiger charge is -2.26. The number of likely N-dealkylation sites (tertiary alicyclic amines) is 1. The highest BCUT2D eigenvalue weighted by Crippen LogP contribution is 2.38. The van der Waals surface area contributed by atoms with Crippen molar-refractivity contribution >= 4 is 29.9 Å². The van der Waals surface area contributed by atoms with E-state index in [1.807, 2.05) is 57.4 Å². The van der Waals surface area contributed by atoms with Crippen LogP contribution in [0.3, 0.4) is 0 Å². The molecule has 1 aromatic carbocycles. The molecule has 188 valence electrons. The van der Waals surface area contributed by atoms with Crippen molar-refractivity contribution < 1.29 is 23.9 Å². The van der Waals surface area contributed by atoms with Crippen LogP contribution in [0.5, 0.6) is 0 Å². The SMILES string of the molecule is CSCCC(NC(=O)OCc1ccccc1)C(=O)NC1CC2CN(C(=O)OC(C)(C)C)CC2C1. The summed E-state index contributed by atoms with van der Waals surface area (Å²) in [6.07, 6.45) is 3.28. The standard InChI is InChI=1S/C25H37N3O5S/c1-25(2,3)33-24(31)28-14-18-12-20(13-19(18)15-28)26-22(29)21(10-11-34-4)27-23(30)32-16-17-8-6-5-7-9-17/h5-9,18-21H,10-16H2,1-4H3,(H,26,29)(H,27,30). The Labute approximate surface area is 206 Å². The van der Waals surface area contributed by atoms with Gasteiger partial charge < -0.3 is 25.0 Å². The molecule has 8 nitrogen and oxygen atoms in total. The fraction of sp³-hybridized carbons (Fsp3) is 0.640. The normalized spacial score (nSPS) is 22.6. The highest BCUT2D eigenvalue weighted by atomic mass is 32.2. The molecule has 9 heteroatoms. The van der Waals surface area contributed by atoms with Gasteiger partial charge in [0.05, 0.1) is 0 Å². The first-order valence-corrected chi connectivity index (χ1v) is 13.3. The molecule has 34 heavy (non-hydrogen) atoms. The Balaban J connectivity index is 1.46. The second kappa shape index (κ2) is 11.8. The topological polar surface area (TPSA) is 97.0 Å². The number of nitrogens with zero attached hydrogens (tertiary/aromatic N) is 1. The molecule has 1 saturated carbocycles. The molecule has 0 bridgehead atoms. The van der Waals surface area contributed by atoms with Crippen molar-refractivity contribution in [3.8, 4) is 0 Å². The van der Waals surface area contributed by atoms with E-state index in [0.717, 1.165) is 24.2 Å². The lowest BCUT2D eigenvalue weighted by molar-refractivity contribution is -0.123. The van der Waals surface area contributed by atoms with Crippen LogP contribution in [-0.2, 0) is 20.9 Å². The van der Waals surface area contributed by atoms with Crippen LogP contribution in [0, 0.1) is 11.8 Å². The predicted octanol–water partition coefficient (Wildman–Crippen LogP) is 3.80. The predicted molar refractivity (Wildman–Crippen MR) is 133 cm³/mol. The van der Waals surface area contributed by atoms with E-state index in [1.54, 1.807) is 16.7 Å². The number of nitrogens with one attached hydrogen (secondary N) is 2. The number of fused-ring (bicyclic) bond motifs is 1. The summed E-state index contributed by atoms with van der Waals surface area (Å²) in [7, 11) is 0. The molecule has 3 unspecified atom stereocenters. The summed E-state index contributed by atoms with van der Waals surface area (Å²) in [5, 5.41) is 5.86. The van der Waals surface area contributed by atoms with Gasteiger partial charge in [0.25, 0.3) is 0 Å². The Morgan fingerprint density at radius 3 is 2.35 bits per heavy atom. The number of benzene rings is 1. The zero-order valence-electron chi connectivity index (χ0n) is 20.5. The van der Waals surface area contributed by atoms with Crippen LogP contribution in [0.15, 0.2) is 30.3 Å². The van der Waals surface area contributed by atoms with Crippen LogP contribution in [0.25, 0.3) is 0 Å². The van der Waals surface area contributed by atoms with Gasteiger partial charge in [0.15, 0.2) is 0 Å². The molecule has 1 aliphatic heterocycles. The maximum absolute atomic E-state index is 13.0. The van der Waals surface area contributed by atoms with Crippen LogP contribution in [-0.4, -0.2) is 65.8 Å². The summed E-state index contributed by atoms with van der Waals surface area (Å²) < 4.78 is 10.8. The Morgan fingerprint density at radius 1 is 1.12 bits per heavy atom. The van der Waals surface area contributed by atoms with E-state index in [9.17, 15) is 14.4 Å². The average molecular weight is 492 g/mol. The van der Waals surface area contributed by atoms with Crippen molar-refractivity contribution in [2.45, 2.75) is 64.3 Å². The molecule has 2 N–H and O–H groups in total. The van der Waals surface area contributed by atoms with Gasteiger partial charge in [0.2, 0.25) is 5.91 Å². The second-order valence-corrected chi connectivity index (χ2v) is 11.1. The summed E-state index contributed by atoms with van der Waals surface area (Å²) in [5.74, 6) is 1.27. The Hall–Kier alpha value is -2.42. The molecule has 0 aromatic heterocycles. The quantitative estimate of drug-likeness (QED) is 0.574. The van der Waals surface area contributed by atoms with Gasteiger partial charge in [-0.2, -0.15) is 11.8 Å². The summed E-state index contributed by atoms with van der Waals surface area (Å²) in [5.41, 5.74) is 0.382. The van der Waals surface area contributed by atoms with Crippen molar-refractivity contribution in [3.05, 3.63) is 35.9 Å². The third-order valence-corrected chi connectivity index (χ3v) is 6.82. The van der Waals surface area contributed by atoms with Crippen LogP contribution < -0.4 is 10.6 Å². The van der Waals surface area contributed by atoms with Gasteiger partial charge in [-0.05, 0) is 69.4 Å². The van der Waals surface area contributed by atoms with Crippen LogP contribution in [0.4, 0.5) is 9.59 Å². The highest BCUT2D eigenvalue weighted by Gasteiger charge is 2.44. The fourth-order valence-corrected chi connectivity index (χ4v) is 5.08. The van der Waals surface area contributed by atoms with Crippen molar-refractivity contribution in [2.75, 3.05) is 25.1 Å². The van der Waals surface area contributed by atoms with Gasteiger partial charge in [0.1, 0.15) is 18.2 Å². The first-order chi connectivity index (χ1) is 16.1. The number of carbonyl (C=O) groups is 3. The molecule has 0 radical (unpaired) electrons. The molecule has 3 amide bonds.